The van der Waals surface area contributed by atoms with Crippen LogP contribution in [0.5, 0.6) is 11.5 Å². The third-order valence-corrected chi connectivity index (χ3v) is 6.19. The van der Waals surface area contributed by atoms with Crippen LogP contribution in [0.3, 0.4) is 0 Å². The number of benzene rings is 3. The van der Waals surface area contributed by atoms with Gasteiger partial charge in [0.2, 0.25) is 5.91 Å². The number of methoxy groups -OCH3 is 1. The molecule has 42 heavy (non-hydrogen) atoms. The Balaban J connectivity index is 1.43. The molecular weight excluding hydrogens is 587 g/mol. The van der Waals surface area contributed by atoms with Gasteiger partial charge in [-0.15, -0.1) is 0 Å². The molecule has 0 aromatic heterocycles. The molecular formula is C29H28Cl2N4O7. The van der Waals surface area contributed by atoms with Crippen molar-refractivity contribution in [1.82, 2.24) is 10.7 Å². The molecule has 0 fully saturated rings. The molecule has 0 spiro atoms. The standard InChI is InChI=1S/C29H28Cl2N4O7/c1-3-41-29(39)19-5-8-21(9-6-19)34-27(37)17-42-24-11-4-18(14-25(24)40-2)16-33-35-26(36)12-13-32-28(38)20-7-10-22(30)23(31)15-20/h4-11,14-16H,3,12-13,17H2,1-2H3,(H,32,38)(H,34,37)(H,35,36). The third kappa shape index (κ3) is 9.79. The Hall–Kier alpha value is -4.61. The van der Waals surface area contributed by atoms with Crippen molar-refractivity contribution in [2.45, 2.75) is 13.3 Å². The number of rotatable bonds is 13. The van der Waals surface area contributed by atoms with Crippen LogP contribution in [0.2, 0.25) is 10.0 Å². The van der Waals surface area contributed by atoms with Crippen molar-refractivity contribution >= 4 is 58.8 Å². The van der Waals surface area contributed by atoms with Gasteiger partial charge in [-0.1, -0.05) is 23.2 Å². The maximum Gasteiger partial charge on any atom is 0.338 e. The SMILES string of the molecule is CCOC(=O)c1ccc(NC(=O)COc2ccc(C=NNC(=O)CCNC(=O)c3ccc(Cl)c(Cl)c3)cc2OC)cc1. The molecule has 13 heteroatoms. The van der Waals surface area contributed by atoms with Crippen LogP contribution in [0.15, 0.2) is 65.8 Å². The zero-order chi connectivity index (χ0) is 30.5. The van der Waals surface area contributed by atoms with Gasteiger partial charge < -0.3 is 24.8 Å². The summed E-state index contributed by atoms with van der Waals surface area (Å²) in [6.45, 7) is 1.79. The Morgan fingerprint density at radius 3 is 2.31 bits per heavy atom. The number of amides is 3. The fraction of sp³-hybridized carbons (Fsp3) is 0.207. The highest BCUT2D eigenvalue weighted by Gasteiger charge is 2.11. The molecule has 3 amide bonds. The van der Waals surface area contributed by atoms with Gasteiger partial charge in [0.15, 0.2) is 18.1 Å². The van der Waals surface area contributed by atoms with E-state index in [9.17, 15) is 19.2 Å². The average molecular weight is 615 g/mol. The number of hydrogen-bond donors (Lipinski definition) is 3. The van der Waals surface area contributed by atoms with Crippen molar-refractivity contribution in [3.8, 4) is 11.5 Å². The van der Waals surface area contributed by atoms with Crippen LogP contribution in [-0.2, 0) is 14.3 Å². The van der Waals surface area contributed by atoms with Gasteiger partial charge in [-0.05, 0) is 73.2 Å². The molecule has 0 aliphatic carbocycles. The first kappa shape index (κ1) is 31.9. The number of hydrogen-bond acceptors (Lipinski definition) is 8. The van der Waals surface area contributed by atoms with Crippen LogP contribution in [0.4, 0.5) is 5.69 Å². The zero-order valence-electron chi connectivity index (χ0n) is 22.7. The van der Waals surface area contributed by atoms with Crippen molar-refractivity contribution < 1.29 is 33.4 Å². The lowest BCUT2D eigenvalue weighted by atomic mass is 10.2. The Kier molecular flexibility index (Phi) is 12.1. The van der Waals surface area contributed by atoms with Gasteiger partial charge in [0.25, 0.3) is 11.8 Å². The highest BCUT2D eigenvalue weighted by Crippen LogP contribution is 2.27. The van der Waals surface area contributed by atoms with E-state index in [4.69, 9.17) is 37.4 Å². The first-order valence-corrected chi connectivity index (χ1v) is 13.4. The number of carbonyl (C=O) groups excluding carboxylic acids is 4. The zero-order valence-corrected chi connectivity index (χ0v) is 24.3. The second-order valence-electron chi connectivity index (χ2n) is 8.47. The lowest BCUT2D eigenvalue weighted by Crippen LogP contribution is -2.29. The summed E-state index contributed by atoms with van der Waals surface area (Å²) in [6, 6.07) is 15.7. The molecule has 220 valence electrons. The Morgan fingerprint density at radius 2 is 1.62 bits per heavy atom. The van der Waals surface area contributed by atoms with Gasteiger partial charge in [-0.25, -0.2) is 10.2 Å². The summed E-state index contributed by atoms with van der Waals surface area (Å²) < 4.78 is 15.9. The molecule has 3 rings (SSSR count). The van der Waals surface area contributed by atoms with Crippen LogP contribution < -0.4 is 25.5 Å². The number of nitrogens with one attached hydrogen (secondary N) is 3. The second kappa shape index (κ2) is 16.0. The molecule has 0 saturated heterocycles. The van der Waals surface area contributed by atoms with Gasteiger partial charge in [-0.3, -0.25) is 14.4 Å². The first-order valence-electron chi connectivity index (χ1n) is 12.6. The maximum absolute atomic E-state index is 12.3. The first-order chi connectivity index (χ1) is 20.2. The topological polar surface area (TPSA) is 144 Å². The summed E-state index contributed by atoms with van der Waals surface area (Å²) in [5.41, 5.74) is 4.17. The molecule has 0 atom stereocenters. The number of nitrogens with zero attached hydrogens (tertiary/aromatic N) is 1. The van der Waals surface area contributed by atoms with Gasteiger partial charge in [-0.2, -0.15) is 5.10 Å². The van der Waals surface area contributed by atoms with Gasteiger partial charge >= 0.3 is 5.97 Å². The summed E-state index contributed by atoms with van der Waals surface area (Å²) in [5, 5.41) is 9.81. The van der Waals surface area contributed by atoms with Crippen LogP contribution in [0.1, 0.15) is 39.6 Å². The highest BCUT2D eigenvalue weighted by atomic mass is 35.5. The predicted octanol–water partition coefficient (Wildman–Crippen LogP) is 4.47. The number of halogens is 2. The van der Waals surface area contributed by atoms with Crippen molar-refractivity contribution in [3.63, 3.8) is 0 Å². The number of carbonyl (C=O) groups is 4. The smallest absolute Gasteiger partial charge is 0.338 e. The summed E-state index contributed by atoms with van der Waals surface area (Å²) in [7, 11) is 1.45. The van der Waals surface area contributed by atoms with E-state index in [0.717, 1.165) is 0 Å². The van der Waals surface area contributed by atoms with E-state index >= 15 is 0 Å². The minimum absolute atomic E-state index is 0.00188. The molecule has 0 radical (unpaired) electrons. The van der Waals surface area contributed by atoms with Crippen molar-refractivity contribution in [1.29, 1.82) is 0 Å². The van der Waals surface area contributed by atoms with Crippen LogP contribution in [0, 0.1) is 0 Å². The lowest BCUT2D eigenvalue weighted by molar-refractivity contribution is -0.121. The molecule has 3 aromatic rings. The Bertz CT molecular complexity index is 1460. The summed E-state index contributed by atoms with van der Waals surface area (Å²) in [6.07, 6.45) is 1.41. The molecule has 3 N–H and O–H groups in total. The van der Waals surface area contributed by atoms with E-state index in [1.807, 2.05) is 0 Å². The Labute approximate surface area is 252 Å². The lowest BCUT2D eigenvalue weighted by Gasteiger charge is -2.11. The van der Waals surface area contributed by atoms with E-state index in [0.29, 0.717) is 38.9 Å². The van der Waals surface area contributed by atoms with Crippen LogP contribution in [0.25, 0.3) is 0 Å². The number of anilines is 1. The quantitative estimate of drug-likeness (QED) is 0.146. The van der Waals surface area contributed by atoms with Crippen molar-refractivity contribution in [2.24, 2.45) is 5.10 Å². The van der Waals surface area contributed by atoms with E-state index < -0.39 is 17.8 Å². The van der Waals surface area contributed by atoms with Crippen molar-refractivity contribution in [3.05, 3.63) is 87.4 Å². The average Bonchev–Trinajstić information content (AvgIpc) is 2.98. The van der Waals surface area contributed by atoms with Gasteiger partial charge in [0, 0.05) is 24.2 Å². The predicted molar refractivity (Wildman–Crippen MR) is 159 cm³/mol. The summed E-state index contributed by atoms with van der Waals surface area (Å²) in [5.74, 6) is -0.978. The molecule has 0 bridgehead atoms. The number of ether oxygens (including phenoxy) is 3. The maximum atomic E-state index is 12.3. The molecule has 0 saturated carbocycles. The van der Waals surface area contributed by atoms with E-state index in [-0.39, 0.29) is 37.1 Å². The number of hydrazone groups is 1. The third-order valence-electron chi connectivity index (χ3n) is 5.45. The van der Waals surface area contributed by atoms with Gasteiger partial charge in [0.1, 0.15) is 0 Å². The molecule has 0 heterocycles. The second-order valence-corrected chi connectivity index (χ2v) is 9.29. The summed E-state index contributed by atoms with van der Waals surface area (Å²) >= 11 is 11.8. The van der Waals surface area contributed by atoms with Crippen LogP contribution in [-0.4, -0.2) is 56.8 Å². The molecule has 0 aliphatic heterocycles. The largest absolute Gasteiger partial charge is 0.493 e. The highest BCUT2D eigenvalue weighted by molar-refractivity contribution is 6.42. The molecule has 3 aromatic carbocycles. The minimum Gasteiger partial charge on any atom is -0.493 e. The number of esters is 1. The van der Waals surface area contributed by atoms with Gasteiger partial charge in [0.05, 0.1) is 35.5 Å². The van der Waals surface area contributed by atoms with Crippen LogP contribution >= 0.6 is 23.2 Å². The molecule has 0 unspecified atom stereocenters. The molecule has 0 aliphatic rings. The fourth-order valence-electron chi connectivity index (χ4n) is 3.39. The van der Waals surface area contributed by atoms with E-state index in [1.54, 1.807) is 49.4 Å². The normalized spacial score (nSPS) is 10.6. The fourth-order valence-corrected chi connectivity index (χ4v) is 3.69. The minimum atomic E-state index is -0.440. The van der Waals surface area contributed by atoms with Crippen molar-refractivity contribution in [2.75, 3.05) is 32.2 Å². The van der Waals surface area contributed by atoms with E-state index in [2.05, 4.69) is 21.2 Å². The molecule has 11 nitrogen and oxygen atoms in total. The Morgan fingerprint density at radius 1 is 0.881 bits per heavy atom. The summed E-state index contributed by atoms with van der Waals surface area (Å²) in [4.78, 5) is 48.3. The van der Waals surface area contributed by atoms with E-state index in [1.165, 1.54) is 31.5 Å². The monoisotopic (exact) mass is 614 g/mol.